The molecule has 3 heteroatoms. The van der Waals surface area contributed by atoms with Gasteiger partial charge >= 0.3 is 6.85 Å². The molecule has 3 heterocycles. The number of benzene rings is 9. The van der Waals surface area contributed by atoms with E-state index in [2.05, 4.69) is 255 Å². The average Bonchev–Trinajstić information content (AvgIpc) is 3.89. The van der Waals surface area contributed by atoms with E-state index in [-0.39, 0.29) is 33.9 Å². The summed E-state index contributed by atoms with van der Waals surface area (Å²) < 4.78 is 2.73. The second-order valence-electron chi connectivity index (χ2n) is 26.7. The van der Waals surface area contributed by atoms with Gasteiger partial charge in [0.05, 0.1) is 0 Å². The summed E-state index contributed by atoms with van der Waals surface area (Å²) in [4.78, 5) is 2.61. The Bertz CT molecular complexity index is 4040. The molecule has 0 radical (unpaired) electrons. The van der Waals surface area contributed by atoms with Gasteiger partial charge in [-0.1, -0.05) is 210 Å². The lowest BCUT2D eigenvalue weighted by Gasteiger charge is -2.42. The van der Waals surface area contributed by atoms with Crippen LogP contribution in [0.2, 0.25) is 0 Å². The molecule has 75 heavy (non-hydrogen) atoms. The molecule has 2 aliphatic heterocycles. The van der Waals surface area contributed by atoms with Crippen molar-refractivity contribution in [1.29, 1.82) is 0 Å². The Labute approximate surface area is 445 Å². The van der Waals surface area contributed by atoms with Crippen LogP contribution in [0.15, 0.2) is 170 Å². The molecule has 4 aliphatic rings. The maximum Gasteiger partial charge on any atom is 0.333 e. The van der Waals surface area contributed by atoms with Crippen molar-refractivity contribution in [3.63, 3.8) is 0 Å². The van der Waals surface area contributed by atoms with Gasteiger partial charge in [0.1, 0.15) is 0 Å². The van der Waals surface area contributed by atoms with E-state index in [9.17, 15) is 0 Å². The lowest BCUT2D eigenvalue weighted by atomic mass is 9.44. The summed E-state index contributed by atoms with van der Waals surface area (Å²) >= 11 is 0. The quantitative estimate of drug-likeness (QED) is 0.160. The Kier molecular flexibility index (Phi) is 9.74. The number of fused-ring (bicyclic) bond motifs is 11. The van der Waals surface area contributed by atoms with Gasteiger partial charge in [-0.3, -0.25) is 0 Å². The van der Waals surface area contributed by atoms with Crippen LogP contribution in [0.25, 0.3) is 77.1 Å². The summed E-state index contributed by atoms with van der Waals surface area (Å²) in [6.07, 6.45) is 4.80. The van der Waals surface area contributed by atoms with Crippen LogP contribution in [0.3, 0.4) is 0 Å². The van der Waals surface area contributed by atoms with Crippen molar-refractivity contribution in [2.45, 2.75) is 129 Å². The van der Waals surface area contributed by atoms with Crippen molar-refractivity contribution in [3.8, 4) is 44.5 Å². The fourth-order valence-electron chi connectivity index (χ4n) is 14.3. The Morgan fingerprint density at radius 1 is 0.427 bits per heavy atom. The molecule has 370 valence electrons. The minimum absolute atomic E-state index is 0.0597. The molecule has 0 spiro atoms. The van der Waals surface area contributed by atoms with E-state index in [1.54, 1.807) is 0 Å². The third-order valence-corrected chi connectivity index (χ3v) is 19.1. The van der Waals surface area contributed by atoms with Crippen LogP contribution in [0.5, 0.6) is 0 Å². The van der Waals surface area contributed by atoms with Gasteiger partial charge < -0.3 is 9.38 Å². The zero-order chi connectivity index (χ0) is 51.7. The molecule has 2 aliphatic carbocycles. The Morgan fingerprint density at radius 3 is 1.63 bits per heavy atom. The van der Waals surface area contributed by atoms with E-state index in [0.29, 0.717) is 0 Å². The van der Waals surface area contributed by atoms with Crippen LogP contribution < -0.4 is 15.8 Å². The summed E-state index contributed by atoms with van der Waals surface area (Å²) in [5, 5.41) is 5.23. The lowest BCUT2D eigenvalue weighted by molar-refractivity contribution is 0.332. The van der Waals surface area contributed by atoms with Gasteiger partial charge in [-0.05, 0) is 178 Å². The van der Waals surface area contributed by atoms with Gasteiger partial charge in [-0.25, -0.2) is 0 Å². The van der Waals surface area contributed by atoms with Crippen molar-refractivity contribution >= 4 is 67.4 Å². The van der Waals surface area contributed by atoms with Gasteiger partial charge in [0, 0.05) is 44.4 Å². The molecule has 0 saturated carbocycles. The SMILES string of the molecule is CC(C)(C)c1ccc(-c2cc3c4c(c2)N(c2ccc(-c5ccc6c(c5)C(C)(C)CCC6(C)C)cc2)c2ccc(-c5ccc6c(c5)C(C)(C)CCC6(C)C)cc2B4n2c4ccc5ccccc5c4c4cccc-3c42)cc1. The Hall–Kier alpha value is -7.10. The molecule has 0 unspecified atom stereocenters. The molecule has 0 atom stereocenters. The highest BCUT2D eigenvalue weighted by atomic mass is 15.2. The van der Waals surface area contributed by atoms with Crippen molar-refractivity contribution in [3.05, 3.63) is 198 Å². The van der Waals surface area contributed by atoms with Gasteiger partial charge in [0.25, 0.3) is 0 Å². The van der Waals surface area contributed by atoms with Crippen LogP contribution >= 0.6 is 0 Å². The third-order valence-electron chi connectivity index (χ3n) is 19.1. The molecular weight excluding hydrogens is 904 g/mol. The number of hydrogen-bond acceptors (Lipinski definition) is 1. The van der Waals surface area contributed by atoms with E-state index >= 15 is 0 Å². The van der Waals surface area contributed by atoms with Gasteiger partial charge in [0.15, 0.2) is 0 Å². The van der Waals surface area contributed by atoms with Crippen LogP contribution in [-0.2, 0) is 27.1 Å². The van der Waals surface area contributed by atoms with Crippen LogP contribution in [-0.4, -0.2) is 11.3 Å². The first-order valence-electron chi connectivity index (χ1n) is 27.9. The van der Waals surface area contributed by atoms with Gasteiger partial charge in [-0.15, -0.1) is 0 Å². The Balaban J connectivity index is 1.03. The summed E-state index contributed by atoms with van der Waals surface area (Å²) in [7, 11) is 0. The van der Waals surface area contributed by atoms with Gasteiger partial charge in [0.2, 0.25) is 0 Å². The predicted octanol–water partition coefficient (Wildman–Crippen LogP) is 18.4. The molecule has 0 saturated heterocycles. The topological polar surface area (TPSA) is 8.17 Å². The molecule has 0 fully saturated rings. The average molecular weight is 973 g/mol. The number of aromatic nitrogens is 1. The highest BCUT2D eigenvalue weighted by Crippen LogP contribution is 2.51. The van der Waals surface area contributed by atoms with Crippen LogP contribution in [0.4, 0.5) is 17.1 Å². The maximum atomic E-state index is 2.73. The fraction of sp³-hybridized carbons (Fsp3) is 0.278. The zero-order valence-electron chi connectivity index (χ0n) is 46.0. The minimum atomic E-state index is -0.0787. The van der Waals surface area contributed by atoms with Crippen molar-refractivity contribution in [2.75, 3.05) is 4.90 Å². The molecule has 9 aromatic carbocycles. The second kappa shape index (κ2) is 15.7. The number of rotatable bonds is 4. The molecule has 14 rings (SSSR count). The van der Waals surface area contributed by atoms with E-state index < -0.39 is 0 Å². The van der Waals surface area contributed by atoms with Crippen molar-refractivity contribution in [2.24, 2.45) is 0 Å². The molecule has 0 amide bonds. The molecule has 0 N–H and O–H groups in total. The summed E-state index contributed by atoms with van der Waals surface area (Å²) in [6.45, 7) is 26.3. The third kappa shape index (κ3) is 6.91. The van der Waals surface area contributed by atoms with Gasteiger partial charge in [-0.2, -0.15) is 0 Å². The second-order valence-corrected chi connectivity index (χ2v) is 26.7. The first-order chi connectivity index (χ1) is 35.8. The first kappa shape index (κ1) is 46.4. The molecule has 2 nitrogen and oxygen atoms in total. The number of hydrogen-bond donors (Lipinski definition) is 0. The van der Waals surface area contributed by atoms with Crippen LogP contribution in [0, 0.1) is 0 Å². The summed E-state index contributed by atoms with van der Waals surface area (Å²) in [6, 6.07) is 66.9. The normalized spacial score (nSPS) is 17.4. The summed E-state index contributed by atoms with van der Waals surface area (Å²) in [5.41, 5.74) is 27.0. The highest BCUT2D eigenvalue weighted by molar-refractivity contribution is 6.90. The molecule has 10 aromatic rings. The van der Waals surface area contributed by atoms with Crippen LogP contribution in [0.1, 0.15) is 130 Å². The lowest BCUT2D eigenvalue weighted by Crippen LogP contribution is -2.56. The van der Waals surface area contributed by atoms with E-state index in [0.717, 1.165) is 5.69 Å². The number of para-hydroxylation sites is 1. The highest BCUT2D eigenvalue weighted by Gasteiger charge is 2.44. The molecule has 1 aromatic heterocycles. The Morgan fingerprint density at radius 2 is 0.973 bits per heavy atom. The van der Waals surface area contributed by atoms with Crippen molar-refractivity contribution < 1.29 is 0 Å². The van der Waals surface area contributed by atoms with Crippen molar-refractivity contribution in [1.82, 2.24) is 4.48 Å². The predicted molar refractivity (Wildman–Crippen MR) is 323 cm³/mol. The van der Waals surface area contributed by atoms with E-state index in [1.807, 2.05) is 0 Å². The first-order valence-corrected chi connectivity index (χ1v) is 27.9. The maximum absolute atomic E-state index is 2.73. The molecular formula is C72H69BN2. The smallest absolute Gasteiger partial charge is 0.333 e. The standard InChI is InChI=1S/C72H69BN2/c1-68(2,3)51-27-19-45(20-28-51)50-39-56-54-17-14-18-55-65-53-16-13-12-15-46(53)25-34-63(65)75(67(54)55)73-61-42-49(48-24-32-58-60(41-48)72(10,11)38-36-70(58,6)7)26-33-62(61)74(64(43-50)66(56)73)52-29-21-44(22-30-52)47-23-31-57-59(40-47)71(8,9)37-35-69(57,4)5/h12-34,39-43H,35-38H2,1-11H3. The number of nitrogens with zero attached hydrogens (tertiary/aromatic N) is 2. The number of anilines is 3. The van der Waals surface area contributed by atoms with E-state index in [4.69, 9.17) is 0 Å². The summed E-state index contributed by atoms with van der Waals surface area (Å²) in [5.74, 6) is 0. The monoisotopic (exact) mass is 973 g/mol. The fourth-order valence-corrected chi connectivity index (χ4v) is 14.3. The van der Waals surface area contributed by atoms with E-state index in [1.165, 1.54) is 153 Å². The zero-order valence-corrected chi connectivity index (χ0v) is 46.0. The molecule has 0 bridgehead atoms. The minimum Gasteiger partial charge on any atom is -0.375 e. The largest absolute Gasteiger partial charge is 0.375 e.